The number of hydrogen-bond donors (Lipinski definition) is 3. The summed E-state index contributed by atoms with van der Waals surface area (Å²) < 4.78 is 4.03. The monoisotopic (exact) mass is 174 g/mol. The average molecular weight is 174 g/mol. The number of nitrogens with zero attached hydrogens (tertiary/aromatic N) is 1. The van der Waals surface area contributed by atoms with E-state index in [2.05, 4.69) is 25.3 Å². The molecule has 0 aromatic carbocycles. The number of H-pyrrole nitrogens is 1. The van der Waals surface area contributed by atoms with Crippen LogP contribution in [0.3, 0.4) is 0 Å². The van der Waals surface area contributed by atoms with E-state index >= 15 is 0 Å². The molecule has 0 unspecified atom stereocenters. The molecule has 0 radical (unpaired) electrons. The molecule has 0 atom stereocenters. The summed E-state index contributed by atoms with van der Waals surface area (Å²) in [4.78, 5) is 21.9. The summed E-state index contributed by atoms with van der Waals surface area (Å²) in [6.07, 6.45) is 0.383. The molecule has 0 aliphatic carbocycles. The van der Waals surface area contributed by atoms with E-state index in [9.17, 15) is 9.59 Å². The Hall–Kier alpha value is -1.63. The van der Waals surface area contributed by atoms with Crippen molar-refractivity contribution in [1.29, 1.82) is 0 Å². The van der Waals surface area contributed by atoms with E-state index in [1.54, 1.807) is 0 Å². The number of anilines is 1. The highest BCUT2D eigenvalue weighted by Gasteiger charge is 1.94. The number of carbonyl (C=O) groups is 1. The zero-order valence-corrected chi connectivity index (χ0v) is 6.75. The SMILES string of the molecule is CNC.O=CNc1noc(=O)[nH]1. The first-order valence-corrected chi connectivity index (χ1v) is 3.09. The lowest BCUT2D eigenvalue weighted by molar-refractivity contribution is -0.105. The summed E-state index contributed by atoms with van der Waals surface area (Å²) in [5, 5.41) is 7.96. The Bertz CT molecular complexity index is 266. The van der Waals surface area contributed by atoms with Crippen LogP contribution in [-0.4, -0.2) is 30.6 Å². The summed E-state index contributed by atoms with van der Waals surface area (Å²) in [5.41, 5.74) is 0. The quantitative estimate of drug-likeness (QED) is 0.487. The van der Waals surface area contributed by atoms with E-state index in [1.165, 1.54) is 0 Å². The molecule has 0 fully saturated rings. The molecule has 0 aliphatic heterocycles. The van der Waals surface area contributed by atoms with E-state index in [4.69, 9.17) is 0 Å². The Morgan fingerprint density at radius 1 is 1.58 bits per heavy atom. The number of amides is 1. The number of aromatic nitrogens is 2. The van der Waals surface area contributed by atoms with Gasteiger partial charge in [0.15, 0.2) is 0 Å². The fourth-order valence-electron chi connectivity index (χ4n) is 0.348. The maximum absolute atomic E-state index is 10.1. The van der Waals surface area contributed by atoms with Crippen molar-refractivity contribution in [3.8, 4) is 0 Å². The smallest absolute Gasteiger partial charge is 0.323 e. The standard InChI is InChI=1S/C3H3N3O3.C2H7N/c7-1-4-2-5-3(8)9-6-2;1-3-2/h1H,(H2,4,5,6,7,8);3H,1-2H3. The van der Waals surface area contributed by atoms with Crippen LogP contribution >= 0.6 is 0 Å². The Kier molecular flexibility index (Phi) is 5.28. The minimum absolute atomic E-state index is 0.00926. The van der Waals surface area contributed by atoms with Crippen LogP contribution in [0.2, 0.25) is 0 Å². The second-order valence-corrected chi connectivity index (χ2v) is 1.71. The van der Waals surface area contributed by atoms with Gasteiger partial charge in [-0.1, -0.05) is 0 Å². The molecular weight excluding hydrogens is 164 g/mol. The summed E-state index contributed by atoms with van der Waals surface area (Å²) >= 11 is 0. The Balaban J connectivity index is 0.000000354. The molecule has 0 aliphatic rings. The molecule has 12 heavy (non-hydrogen) atoms. The van der Waals surface area contributed by atoms with Gasteiger partial charge in [0.2, 0.25) is 12.4 Å². The third kappa shape index (κ3) is 4.23. The van der Waals surface area contributed by atoms with Gasteiger partial charge < -0.3 is 5.32 Å². The van der Waals surface area contributed by atoms with Gasteiger partial charge in [-0.2, -0.15) is 0 Å². The van der Waals surface area contributed by atoms with Gasteiger partial charge in [-0.05, 0) is 19.3 Å². The summed E-state index contributed by atoms with van der Waals surface area (Å²) in [6.45, 7) is 0. The van der Waals surface area contributed by atoms with E-state index < -0.39 is 5.76 Å². The van der Waals surface area contributed by atoms with E-state index in [0.29, 0.717) is 6.41 Å². The van der Waals surface area contributed by atoms with Crippen molar-refractivity contribution in [2.75, 3.05) is 19.4 Å². The number of rotatable bonds is 2. The molecular formula is C5H10N4O3. The van der Waals surface area contributed by atoms with Crippen molar-refractivity contribution in [2.24, 2.45) is 0 Å². The van der Waals surface area contributed by atoms with Gasteiger partial charge in [-0.25, -0.2) is 4.79 Å². The van der Waals surface area contributed by atoms with E-state index in [-0.39, 0.29) is 5.95 Å². The van der Waals surface area contributed by atoms with Crippen LogP contribution in [0.1, 0.15) is 0 Å². The first-order valence-electron chi connectivity index (χ1n) is 3.09. The van der Waals surface area contributed by atoms with Crippen LogP contribution in [0.15, 0.2) is 9.32 Å². The van der Waals surface area contributed by atoms with Crippen LogP contribution < -0.4 is 16.4 Å². The highest BCUT2D eigenvalue weighted by Crippen LogP contribution is 1.85. The van der Waals surface area contributed by atoms with Crippen molar-refractivity contribution >= 4 is 12.4 Å². The fraction of sp³-hybridized carbons (Fsp3) is 0.400. The minimum Gasteiger partial charge on any atom is -0.323 e. The molecule has 0 saturated carbocycles. The number of hydrogen-bond acceptors (Lipinski definition) is 5. The van der Waals surface area contributed by atoms with Gasteiger partial charge in [0.1, 0.15) is 0 Å². The third-order valence-electron chi connectivity index (χ3n) is 0.636. The van der Waals surface area contributed by atoms with E-state index in [1.807, 2.05) is 14.1 Å². The maximum Gasteiger partial charge on any atom is 0.440 e. The highest BCUT2D eigenvalue weighted by atomic mass is 16.5. The van der Waals surface area contributed by atoms with Crippen molar-refractivity contribution in [3.05, 3.63) is 10.6 Å². The normalized spacial score (nSPS) is 8.17. The molecule has 0 bridgehead atoms. The topological polar surface area (TPSA) is 100 Å². The van der Waals surface area contributed by atoms with Crippen LogP contribution in [0.5, 0.6) is 0 Å². The minimum atomic E-state index is -0.695. The van der Waals surface area contributed by atoms with Crippen LogP contribution in [-0.2, 0) is 4.79 Å². The molecule has 68 valence electrons. The molecule has 1 heterocycles. The summed E-state index contributed by atoms with van der Waals surface area (Å²) in [7, 11) is 3.75. The zero-order chi connectivity index (χ0) is 9.40. The van der Waals surface area contributed by atoms with Crippen LogP contribution in [0.25, 0.3) is 0 Å². The van der Waals surface area contributed by atoms with Crippen molar-refractivity contribution < 1.29 is 9.32 Å². The lowest BCUT2D eigenvalue weighted by Crippen LogP contribution is -1.99. The number of nitrogens with one attached hydrogen (secondary N) is 3. The van der Waals surface area contributed by atoms with Crippen LogP contribution in [0, 0.1) is 0 Å². The predicted octanol–water partition coefficient (Wildman–Crippen LogP) is -1.23. The fourth-order valence-corrected chi connectivity index (χ4v) is 0.348. The first-order chi connectivity index (χ1) is 5.74. The Morgan fingerprint density at radius 2 is 2.17 bits per heavy atom. The molecule has 7 nitrogen and oxygen atoms in total. The van der Waals surface area contributed by atoms with Gasteiger partial charge in [0.05, 0.1) is 0 Å². The molecule has 0 spiro atoms. The molecule has 0 saturated heterocycles. The second kappa shape index (κ2) is 6.10. The third-order valence-corrected chi connectivity index (χ3v) is 0.636. The average Bonchev–Trinajstić information content (AvgIpc) is 2.38. The predicted molar refractivity (Wildman–Crippen MR) is 41.8 cm³/mol. The molecule has 1 aromatic rings. The van der Waals surface area contributed by atoms with E-state index in [0.717, 1.165) is 0 Å². The highest BCUT2D eigenvalue weighted by molar-refractivity contribution is 5.65. The lowest BCUT2D eigenvalue weighted by Gasteiger charge is -1.80. The molecule has 1 aromatic heterocycles. The summed E-state index contributed by atoms with van der Waals surface area (Å²) in [6, 6.07) is 0. The van der Waals surface area contributed by atoms with Gasteiger partial charge in [-0.15, -0.1) is 0 Å². The second-order valence-electron chi connectivity index (χ2n) is 1.71. The Morgan fingerprint density at radius 3 is 2.50 bits per heavy atom. The van der Waals surface area contributed by atoms with Gasteiger partial charge in [0.25, 0.3) is 0 Å². The van der Waals surface area contributed by atoms with Gasteiger partial charge in [-0.3, -0.25) is 19.6 Å². The van der Waals surface area contributed by atoms with Crippen molar-refractivity contribution in [1.82, 2.24) is 15.5 Å². The van der Waals surface area contributed by atoms with Crippen molar-refractivity contribution in [2.45, 2.75) is 0 Å². The number of aromatic amines is 1. The first kappa shape index (κ1) is 10.4. The number of carbonyl (C=O) groups excluding carboxylic acids is 1. The molecule has 1 amide bonds. The van der Waals surface area contributed by atoms with Gasteiger partial charge in [0, 0.05) is 0 Å². The Labute approximate surface area is 68.1 Å². The van der Waals surface area contributed by atoms with Gasteiger partial charge >= 0.3 is 5.76 Å². The molecule has 1 rings (SSSR count). The largest absolute Gasteiger partial charge is 0.440 e. The van der Waals surface area contributed by atoms with Crippen LogP contribution in [0.4, 0.5) is 5.95 Å². The molecule has 7 heteroatoms. The summed E-state index contributed by atoms with van der Waals surface area (Å²) in [5.74, 6) is -0.686. The maximum atomic E-state index is 10.1. The van der Waals surface area contributed by atoms with Crippen molar-refractivity contribution in [3.63, 3.8) is 0 Å². The zero-order valence-electron chi connectivity index (χ0n) is 6.75. The lowest BCUT2D eigenvalue weighted by atomic mass is 11.0. The molecule has 3 N–H and O–H groups in total.